The standard InChI is InChI=1S/C26H47NO3/c1-6-8-18-30-21-24-19-23(14-15-25(29)13-7-2)20-27(24)17-12-10-9-11-16-26(4,5)22(3)28/h14-15,23-24H,6-13,16-21H2,1-5H3/t23-,24-/m0/s1. The molecule has 0 saturated carbocycles. The Balaban J connectivity index is 2.41. The summed E-state index contributed by atoms with van der Waals surface area (Å²) in [5.74, 6) is 1.00. The van der Waals surface area contributed by atoms with Gasteiger partial charge in [-0.1, -0.05) is 59.5 Å². The van der Waals surface area contributed by atoms with Crippen LogP contribution in [0.15, 0.2) is 12.2 Å². The van der Waals surface area contributed by atoms with Crippen LogP contribution in [-0.2, 0) is 14.3 Å². The van der Waals surface area contributed by atoms with Gasteiger partial charge in [-0.3, -0.25) is 14.5 Å². The van der Waals surface area contributed by atoms with Gasteiger partial charge in [0.25, 0.3) is 0 Å². The average Bonchev–Trinajstić information content (AvgIpc) is 3.08. The lowest BCUT2D eigenvalue weighted by Crippen LogP contribution is -2.34. The Morgan fingerprint density at radius 2 is 1.80 bits per heavy atom. The maximum Gasteiger partial charge on any atom is 0.155 e. The highest BCUT2D eigenvalue weighted by Crippen LogP contribution is 2.27. The minimum atomic E-state index is -0.176. The van der Waals surface area contributed by atoms with Gasteiger partial charge in [-0.15, -0.1) is 0 Å². The number of likely N-dealkylation sites (tertiary alicyclic amines) is 1. The molecule has 1 aliphatic rings. The van der Waals surface area contributed by atoms with Crippen LogP contribution in [0.1, 0.15) is 98.8 Å². The fraction of sp³-hybridized carbons (Fsp3) is 0.846. The molecule has 1 aliphatic heterocycles. The second-order valence-electron chi connectivity index (χ2n) is 9.75. The quantitative estimate of drug-likeness (QED) is 0.214. The molecule has 2 atom stereocenters. The first-order chi connectivity index (χ1) is 14.3. The lowest BCUT2D eigenvalue weighted by atomic mass is 9.83. The summed E-state index contributed by atoms with van der Waals surface area (Å²) in [5, 5.41) is 0. The van der Waals surface area contributed by atoms with Crippen LogP contribution in [-0.4, -0.2) is 48.8 Å². The van der Waals surface area contributed by atoms with E-state index in [1.54, 1.807) is 6.92 Å². The highest BCUT2D eigenvalue weighted by Gasteiger charge is 2.30. The molecule has 0 aromatic heterocycles. The van der Waals surface area contributed by atoms with Gasteiger partial charge < -0.3 is 4.74 Å². The van der Waals surface area contributed by atoms with Gasteiger partial charge >= 0.3 is 0 Å². The molecule has 0 unspecified atom stereocenters. The monoisotopic (exact) mass is 421 g/mol. The number of allylic oxidation sites excluding steroid dienone is 1. The molecule has 0 bridgehead atoms. The van der Waals surface area contributed by atoms with Gasteiger partial charge in [0.1, 0.15) is 5.78 Å². The Bertz CT molecular complexity index is 526. The zero-order valence-electron chi connectivity index (χ0n) is 20.4. The Morgan fingerprint density at radius 1 is 1.07 bits per heavy atom. The first kappa shape index (κ1) is 27.0. The van der Waals surface area contributed by atoms with Gasteiger partial charge in [-0.05, 0) is 57.6 Å². The van der Waals surface area contributed by atoms with E-state index in [0.717, 1.165) is 58.4 Å². The summed E-state index contributed by atoms with van der Waals surface area (Å²) in [6.07, 6.45) is 14.6. The van der Waals surface area contributed by atoms with Crippen LogP contribution < -0.4 is 0 Å². The maximum absolute atomic E-state index is 11.8. The highest BCUT2D eigenvalue weighted by molar-refractivity contribution is 5.89. The predicted molar refractivity (Wildman–Crippen MR) is 126 cm³/mol. The van der Waals surface area contributed by atoms with Crippen LogP contribution in [0.25, 0.3) is 0 Å². The lowest BCUT2D eigenvalue weighted by Gasteiger charge is -2.24. The highest BCUT2D eigenvalue weighted by atomic mass is 16.5. The van der Waals surface area contributed by atoms with Crippen LogP contribution >= 0.6 is 0 Å². The fourth-order valence-electron chi connectivity index (χ4n) is 4.06. The minimum absolute atomic E-state index is 0.176. The van der Waals surface area contributed by atoms with Crippen molar-refractivity contribution in [2.75, 3.05) is 26.3 Å². The van der Waals surface area contributed by atoms with Crippen LogP contribution in [0, 0.1) is 11.3 Å². The number of hydrogen-bond acceptors (Lipinski definition) is 4. The van der Waals surface area contributed by atoms with E-state index in [1.807, 2.05) is 13.0 Å². The van der Waals surface area contributed by atoms with E-state index < -0.39 is 0 Å². The molecule has 4 heteroatoms. The minimum Gasteiger partial charge on any atom is -0.380 e. The van der Waals surface area contributed by atoms with Crippen LogP contribution in [0.4, 0.5) is 0 Å². The van der Waals surface area contributed by atoms with E-state index >= 15 is 0 Å². The van der Waals surface area contributed by atoms with E-state index in [0.29, 0.717) is 24.2 Å². The summed E-state index contributed by atoms with van der Waals surface area (Å²) < 4.78 is 5.94. The van der Waals surface area contributed by atoms with Gasteiger partial charge in [0, 0.05) is 31.0 Å². The topological polar surface area (TPSA) is 46.6 Å². The molecule has 1 rings (SSSR count). The van der Waals surface area contributed by atoms with Crippen molar-refractivity contribution in [2.45, 2.75) is 105 Å². The van der Waals surface area contributed by atoms with E-state index in [4.69, 9.17) is 4.74 Å². The van der Waals surface area contributed by atoms with Crippen molar-refractivity contribution in [2.24, 2.45) is 11.3 Å². The number of rotatable bonds is 17. The van der Waals surface area contributed by atoms with Gasteiger partial charge in [0.15, 0.2) is 5.78 Å². The number of ether oxygens (including phenoxy) is 1. The van der Waals surface area contributed by atoms with E-state index in [9.17, 15) is 9.59 Å². The molecule has 0 amide bonds. The Labute approximate surface area is 185 Å². The molecule has 0 radical (unpaired) electrons. The molecular weight excluding hydrogens is 374 g/mol. The number of Topliss-reactive ketones (excluding diaryl/α,β-unsaturated/α-hetero) is 1. The third kappa shape index (κ3) is 10.9. The Hall–Kier alpha value is -1.00. The summed E-state index contributed by atoms with van der Waals surface area (Å²) in [5.41, 5.74) is -0.176. The number of nitrogens with zero attached hydrogens (tertiary/aromatic N) is 1. The van der Waals surface area contributed by atoms with Crippen LogP contribution in [0.5, 0.6) is 0 Å². The van der Waals surface area contributed by atoms with Crippen molar-refractivity contribution >= 4 is 11.6 Å². The van der Waals surface area contributed by atoms with Gasteiger partial charge in [-0.2, -0.15) is 0 Å². The molecule has 30 heavy (non-hydrogen) atoms. The third-order valence-corrected chi connectivity index (χ3v) is 6.51. The summed E-state index contributed by atoms with van der Waals surface area (Å²) in [4.78, 5) is 26.1. The molecule has 0 aliphatic carbocycles. The van der Waals surface area contributed by atoms with E-state index in [2.05, 4.69) is 31.7 Å². The number of hydrogen-bond donors (Lipinski definition) is 0. The predicted octanol–water partition coefficient (Wildman–Crippen LogP) is 5.98. The normalized spacial score (nSPS) is 20.3. The summed E-state index contributed by atoms with van der Waals surface area (Å²) in [7, 11) is 0. The van der Waals surface area contributed by atoms with Crippen LogP contribution in [0.2, 0.25) is 0 Å². The molecule has 4 nitrogen and oxygen atoms in total. The molecule has 174 valence electrons. The number of carbonyl (C=O) groups excluding carboxylic acids is 2. The molecular formula is C26H47NO3. The van der Waals surface area contributed by atoms with Crippen molar-refractivity contribution in [3.8, 4) is 0 Å². The third-order valence-electron chi connectivity index (χ3n) is 6.51. The largest absolute Gasteiger partial charge is 0.380 e. The van der Waals surface area contributed by atoms with Crippen molar-refractivity contribution in [3.05, 3.63) is 12.2 Å². The second-order valence-corrected chi connectivity index (χ2v) is 9.75. The lowest BCUT2D eigenvalue weighted by molar-refractivity contribution is -0.125. The van der Waals surface area contributed by atoms with Gasteiger partial charge in [0.2, 0.25) is 0 Å². The molecule has 0 N–H and O–H groups in total. The number of unbranched alkanes of at least 4 members (excludes halogenated alkanes) is 4. The molecule has 1 saturated heterocycles. The number of ketones is 2. The van der Waals surface area contributed by atoms with Crippen LogP contribution in [0.3, 0.4) is 0 Å². The SMILES string of the molecule is CCCCOC[C@@H]1C[C@H](C=CC(=O)CCC)CN1CCCCCCC(C)(C)C(C)=O. The van der Waals surface area contributed by atoms with Crippen molar-refractivity contribution in [1.29, 1.82) is 0 Å². The average molecular weight is 422 g/mol. The molecule has 0 spiro atoms. The molecule has 0 aromatic carbocycles. The van der Waals surface area contributed by atoms with Crippen molar-refractivity contribution in [1.82, 2.24) is 4.90 Å². The smallest absolute Gasteiger partial charge is 0.155 e. The first-order valence-corrected chi connectivity index (χ1v) is 12.3. The fourth-order valence-corrected chi connectivity index (χ4v) is 4.06. The van der Waals surface area contributed by atoms with E-state index in [-0.39, 0.29) is 11.2 Å². The van der Waals surface area contributed by atoms with Crippen molar-refractivity contribution in [3.63, 3.8) is 0 Å². The zero-order valence-corrected chi connectivity index (χ0v) is 20.4. The molecule has 0 aromatic rings. The van der Waals surface area contributed by atoms with Gasteiger partial charge in [-0.25, -0.2) is 0 Å². The molecule has 1 fully saturated rings. The zero-order chi connectivity index (χ0) is 22.4. The summed E-state index contributed by atoms with van der Waals surface area (Å²) in [6.45, 7) is 13.9. The van der Waals surface area contributed by atoms with E-state index in [1.165, 1.54) is 25.7 Å². The van der Waals surface area contributed by atoms with Crippen molar-refractivity contribution < 1.29 is 14.3 Å². The Morgan fingerprint density at radius 3 is 2.47 bits per heavy atom. The summed E-state index contributed by atoms with van der Waals surface area (Å²) >= 11 is 0. The first-order valence-electron chi connectivity index (χ1n) is 12.3. The summed E-state index contributed by atoms with van der Waals surface area (Å²) in [6, 6.07) is 0.467. The Kier molecular flexibility index (Phi) is 13.4. The second kappa shape index (κ2) is 14.9. The number of carbonyl (C=O) groups is 2. The molecule has 1 heterocycles. The van der Waals surface area contributed by atoms with Gasteiger partial charge in [0.05, 0.1) is 6.61 Å². The maximum atomic E-state index is 11.8.